The topological polar surface area (TPSA) is 46.0 Å². The Bertz CT molecular complexity index is 769. The molecule has 18 heavy (non-hydrogen) atoms. The molecule has 86 valence electrons. The van der Waals surface area contributed by atoms with Gasteiger partial charge in [0.25, 0.3) is 0 Å². The molecule has 0 saturated heterocycles. The third-order valence-corrected chi connectivity index (χ3v) is 3.16. The first-order valence-corrected chi connectivity index (χ1v) is 5.78. The highest BCUT2D eigenvalue weighted by molar-refractivity contribution is 5.91. The zero-order chi connectivity index (χ0) is 11.9. The fourth-order valence-corrected chi connectivity index (χ4v) is 2.35. The Kier molecular flexibility index (Phi) is 1.80. The lowest BCUT2D eigenvalue weighted by atomic mass is 10.1. The van der Waals surface area contributed by atoms with Crippen molar-refractivity contribution in [1.29, 1.82) is 0 Å². The number of hydrogen-bond donors (Lipinski definition) is 1. The first-order chi connectivity index (χ1) is 8.93. The molecule has 0 atom stereocenters. The quantitative estimate of drug-likeness (QED) is 0.550. The van der Waals surface area contributed by atoms with Crippen molar-refractivity contribution in [3.05, 3.63) is 55.1 Å². The van der Waals surface area contributed by atoms with Gasteiger partial charge >= 0.3 is 0 Å². The normalized spacial score (nSPS) is 11.3. The van der Waals surface area contributed by atoms with Crippen LogP contribution in [0.2, 0.25) is 0 Å². The maximum atomic E-state index is 4.31. The van der Waals surface area contributed by atoms with Gasteiger partial charge in [-0.15, -0.1) is 0 Å². The smallest absolute Gasteiger partial charge is 0.137 e. The lowest BCUT2D eigenvalue weighted by molar-refractivity contribution is 1.19. The number of benzene rings is 1. The summed E-state index contributed by atoms with van der Waals surface area (Å²) >= 11 is 0. The van der Waals surface area contributed by atoms with Gasteiger partial charge in [0, 0.05) is 18.0 Å². The summed E-state index contributed by atoms with van der Waals surface area (Å²) < 4.78 is 2.08. The van der Waals surface area contributed by atoms with Crippen LogP contribution >= 0.6 is 0 Å². The third-order valence-electron chi connectivity index (χ3n) is 3.16. The molecule has 0 unspecified atom stereocenters. The number of nitrogens with zero attached hydrogens (tertiary/aromatic N) is 3. The lowest BCUT2D eigenvalue weighted by Crippen LogP contribution is -1.91. The number of para-hydroxylation sites is 1. The van der Waals surface area contributed by atoms with E-state index >= 15 is 0 Å². The number of fused-ring (bicyclic) bond motifs is 2. The SMILES string of the molecule is c1cc(-c2cccc3nccn23)c2[nH]cnc2c1. The van der Waals surface area contributed by atoms with Crippen molar-refractivity contribution >= 4 is 16.7 Å². The Hall–Kier alpha value is -2.62. The van der Waals surface area contributed by atoms with E-state index in [1.165, 1.54) is 0 Å². The number of pyridine rings is 1. The van der Waals surface area contributed by atoms with Crippen molar-refractivity contribution in [2.24, 2.45) is 0 Å². The highest BCUT2D eigenvalue weighted by atomic mass is 15.0. The molecule has 4 aromatic rings. The summed E-state index contributed by atoms with van der Waals surface area (Å²) in [5, 5.41) is 0. The first-order valence-electron chi connectivity index (χ1n) is 5.78. The summed E-state index contributed by atoms with van der Waals surface area (Å²) in [7, 11) is 0. The minimum atomic E-state index is 0.948. The molecule has 1 N–H and O–H groups in total. The lowest BCUT2D eigenvalue weighted by Gasteiger charge is -2.06. The molecule has 0 aliphatic rings. The second-order valence-corrected chi connectivity index (χ2v) is 4.17. The molecule has 4 nitrogen and oxygen atoms in total. The van der Waals surface area contributed by atoms with Crippen LogP contribution in [-0.4, -0.2) is 19.4 Å². The van der Waals surface area contributed by atoms with Crippen LogP contribution in [0.5, 0.6) is 0 Å². The Balaban J connectivity index is 2.13. The van der Waals surface area contributed by atoms with Crippen molar-refractivity contribution in [3.8, 4) is 11.3 Å². The molecule has 0 fully saturated rings. The van der Waals surface area contributed by atoms with E-state index < -0.39 is 0 Å². The van der Waals surface area contributed by atoms with E-state index in [1.54, 1.807) is 6.33 Å². The van der Waals surface area contributed by atoms with Crippen LogP contribution < -0.4 is 0 Å². The maximum absolute atomic E-state index is 4.31. The van der Waals surface area contributed by atoms with E-state index in [4.69, 9.17) is 0 Å². The number of aromatic nitrogens is 4. The number of imidazole rings is 2. The molecule has 0 bridgehead atoms. The standard InChI is InChI=1S/C14H10N4/c1-3-10(14-11(4-1)16-9-17-14)12-5-2-6-13-15-7-8-18(12)13/h1-9H,(H,16,17). The van der Waals surface area contributed by atoms with Crippen LogP contribution in [-0.2, 0) is 0 Å². The van der Waals surface area contributed by atoms with Gasteiger partial charge in [-0.05, 0) is 18.2 Å². The van der Waals surface area contributed by atoms with Crippen LogP contribution in [0, 0.1) is 0 Å². The van der Waals surface area contributed by atoms with Gasteiger partial charge in [-0.1, -0.05) is 18.2 Å². The van der Waals surface area contributed by atoms with Crippen molar-refractivity contribution in [2.45, 2.75) is 0 Å². The molecule has 1 aromatic carbocycles. The van der Waals surface area contributed by atoms with Crippen molar-refractivity contribution < 1.29 is 0 Å². The fraction of sp³-hybridized carbons (Fsp3) is 0. The van der Waals surface area contributed by atoms with Crippen LogP contribution in [0.1, 0.15) is 0 Å². The maximum Gasteiger partial charge on any atom is 0.137 e. The summed E-state index contributed by atoms with van der Waals surface area (Å²) in [6.45, 7) is 0. The van der Waals surface area contributed by atoms with E-state index in [0.29, 0.717) is 0 Å². The molecular weight excluding hydrogens is 224 g/mol. The van der Waals surface area contributed by atoms with Crippen LogP contribution in [0.4, 0.5) is 0 Å². The largest absolute Gasteiger partial charge is 0.344 e. The van der Waals surface area contributed by atoms with Gasteiger partial charge in [-0.2, -0.15) is 0 Å². The van der Waals surface area contributed by atoms with Crippen molar-refractivity contribution in [3.63, 3.8) is 0 Å². The number of nitrogens with one attached hydrogen (secondary N) is 1. The Morgan fingerprint density at radius 1 is 1.00 bits per heavy atom. The van der Waals surface area contributed by atoms with Crippen molar-refractivity contribution in [2.75, 3.05) is 0 Å². The van der Waals surface area contributed by atoms with Crippen LogP contribution in [0.3, 0.4) is 0 Å². The molecule has 0 aliphatic carbocycles. The zero-order valence-electron chi connectivity index (χ0n) is 9.54. The molecule has 0 aliphatic heterocycles. The highest BCUT2D eigenvalue weighted by Crippen LogP contribution is 2.26. The minimum Gasteiger partial charge on any atom is -0.344 e. The van der Waals surface area contributed by atoms with Gasteiger partial charge in [-0.25, -0.2) is 9.97 Å². The van der Waals surface area contributed by atoms with Gasteiger partial charge in [-0.3, -0.25) is 4.40 Å². The van der Waals surface area contributed by atoms with E-state index in [-0.39, 0.29) is 0 Å². The number of H-pyrrole nitrogens is 1. The van der Waals surface area contributed by atoms with E-state index in [1.807, 2.05) is 36.7 Å². The molecule has 3 aromatic heterocycles. The van der Waals surface area contributed by atoms with Crippen LogP contribution in [0.15, 0.2) is 55.1 Å². The number of hydrogen-bond acceptors (Lipinski definition) is 2. The summed E-state index contributed by atoms with van der Waals surface area (Å²) in [6.07, 6.45) is 5.51. The molecule has 0 amide bonds. The molecule has 4 rings (SSSR count). The second kappa shape index (κ2) is 3.43. The summed E-state index contributed by atoms with van der Waals surface area (Å²) in [5.41, 5.74) is 5.22. The van der Waals surface area contributed by atoms with E-state index in [0.717, 1.165) is 27.9 Å². The average molecular weight is 234 g/mol. The molecular formula is C14H10N4. The predicted octanol–water partition coefficient (Wildman–Crippen LogP) is 2.88. The zero-order valence-corrected chi connectivity index (χ0v) is 9.54. The fourth-order valence-electron chi connectivity index (χ4n) is 2.35. The molecule has 0 radical (unpaired) electrons. The van der Waals surface area contributed by atoms with Crippen LogP contribution in [0.25, 0.3) is 27.9 Å². The van der Waals surface area contributed by atoms with Crippen molar-refractivity contribution in [1.82, 2.24) is 19.4 Å². The monoisotopic (exact) mass is 234 g/mol. The summed E-state index contributed by atoms with van der Waals surface area (Å²) in [5.74, 6) is 0. The van der Waals surface area contributed by atoms with Gasteiger partial charge in [0.15, 0.2) is 0 Å². The second-order valence-electron chi connectivity index (χ2n) is 4.17. The number of rotatable bonds is 1. The minimum absolute atomic E-state index is 0.948. The third kappa shape index (κ3) is 1.20. The Morgan fingerprint density at radius 2 is 1.94 bits per heavy atom. The van der Waals surface area contributed by atoms with Gasteiger partial charge in [0.05, 0.1) is 23.1 Å². The highest BCUT2D eigenvalue weighted by Gasteiger charge is 2.08. The average Bonchev–Trinajstić information content (AvgIpc) is 3.06. The van der Waals surface area contributed by atoms with Gasteiger partial charge < -0.3 is 4.98 Å². The Morgan fingerprint density at radius 3 is 2.94 bits per heavy atom. The predicted molar refractivity (Wildman–Crippen MR) is 70.3 cm³/mol. The summed E-state index contributed by atoms with van der Waals surface area (Å²) in [4.78, 5) is 11.8. The summed E-state index contributed by atoms with van der Waals surface area (Å²) in [6, 6.07) is 12.2. The Labute approximate surface area is 103 Å². The molecule has 0 spiro atoms. The van der Waals surface area contributed by atoms with E-state index in [9.17, 15) is 0 Å². The molecule has 3 heterocycles. The number of aromatic amines is 1. The first kappa shape index (κ1) is 9.41. The molecule has 0 saturated carbocycles. The van der Waals surface area contributed by atoms with Gasteiger partial charge in [0.2, 0.25) is 0 Å². The van der Waals surface area contributed by atoms with Gasteiger partial charge in [0.1, 0.15) is 5.65 Å². The molecule has 4 heteroatoms. The van der Waals surface area contributed by atoms with E-state index in [2.05, 4.69) is 31.5 Å².